The Morgan fingerprint density at radius 3 is 2.15 bits per heavy atom. The fourth-order valence-electron chi connectivity index (χ4n) is 3.77. The minimum atomic E-state index is 0.627. The lowest BCUT2D eigenvalue weighted by molar-refractivity contribution is 0.178. The number of nitrogens with zero attached hydrogens (tertiary/aromatic N) is 2. The van der Waals surface area contributed by atoms with Crippen LogP contribution in [-0.2, 0) is 4.74 Å². The van der Waals surface area contributed by atoms with Crippen LogP contribution in [0, 0.1) is 0 Å². The van der Waals surface area contributed by atoms with Gasteiger partial charge < -0.3 is 19.9 Å². The van der Waals surface area contributed by atoms with Crippen molar-refractivity contribution in [2.75, 3.05) is 44.6 Å². The monoisotopic (exact) mass is 452 g/mol. The molecular weight excluding hydrogens is 420 g/mol. The molecule has 0 bridgehead atoms. The Balaban J connectivity index is 1.70. The summed E-state index contributed by atoms with van der Waals surface area (Å²) in [6, 6.07) is 25.3. The number of hydrogen-bond donors (Lipinski definition) is 2. The highest BCUT2D eigenvalue weighted by molar-refractivity contribution is 5.82. The zero-order valence-electron chi connectivity index (χ0n) is 20.3. The molecule has 174 valence electrons. The Kier molecular flexibility index (Phi) is 7.45. The van der Waals surface area contributed by atoms with Crippen LogP contribution in [0.5, 0.6) is 0 Å². The number of aromatic amines is 1. The van der Waals surface area contributed by atoms with Crippen LogP contribution in [-0.4, -0.2) is 44.3 Å². The van der Waals surface area contributed by atoms with Crippen LogP contribution in [0.15, 0.2) is 78.9 Å². The molecule has 0 amide bonds. The zero-order chi connectivity index (χ0) is 23.9. The summed E-state index contributed by atoms with van der Waals surface area (Å²) in [6.07, 6.45) is 4.11. The molecule has 0 radical (unpaired) electrons. The van der Waals surface area contributed by atoms with E-state index in [1.807, 2.05) is 34.1 Å². The molecule has 4 aromatic rings. The average Bonchev–Trinajstić information content (AvgIpc) is 3.32. The first kappa shape index (κ1) is 23.3. The van der Waals surface area contributed by atoms with E-state index in [1.165, 1.54) is 0 Å². The van der Waals surface area contributed by atoms with E-state index in [9.17, 15) is 0 Å². The fourth-order valence-corrected chi connectivity index (χ4v) is 3.77. The van der Waals surface area contributed by atoms with E-state index in [2.05, 4.69) is 94.1 Å². The molecule has 4 rings (SSSR count). The number of aromatic nitrogens is 2. The molecule has 0 saturated carbocycles. The standard InChI is InChI=1S/C29H32N4O/c1-5-34-20-6-7-21-8-10-24(11-9-21)29-31-27(22-12-16-25(30-2)17-13-22)28(32-29)23-14-18-26(19-15-23)33(3)4/h6-19,30H,5,20H2,1-4H3,(H,31,32). The Morgan fingerprint density at radius 2 is 1.53 bits per heavy atom. The van der Waals surface area contributed by atoms with Gasteiger partial charge in [0.2, 0.25) is 0 Å². The Hall–Kier alpha value is -3.83. The van der Waals surface area contributed by atoms with Gasteiger partial charge in [0.15, 0.2) is 0 Å². The summed E-state index contributed by atoms with van der Waals surface area (Å²) < 4.78 is 5.37. The largest absolute Gasteiger partial charge is 0.388 e. The van der Waals surface area contributed by atoms with Crippen LogP contribution in [0.4, 0.5) is 11.4 Å². The lowest BCUT2D eigenvalue weighted by atomic mass is 10.0. The van der Waals surface area contributed by atoms with Gasteiger partial charge in [0.25, 0.3) is 0 Å². The maximum Gasteiger partial charge on any atom is 0.138 e. The van der Waals surface area contributed by atoms with Crippen molar-refractivity contribution in [2.45, 2.75) is 6.92 Å². The Bertz CT molecular complexity index is 1220. The molecule has 0 aliphatic heterocycles. The first-order valence-electron chi connectivity index (χ1n) is 11.6. The minimum Gasteiger partial charge on any atom is -0.388 e. The van der Waals surface area contributed by atoms with Gasteiger partial charge in [0, 0.05) is 55.8 Å². The molecule has 0 fully saturated rings. The molecule has 34 heavy (non-hydrogen) atoms. The second kappa shape index (κ2) is 10.9. The highest BCUT2D eigenvalue weighted by atomic mass is 16.5. The maximum atomic E-state index is 5.37. The van der Waals surface area contributed by atoms with Gasteiger partial charge in [0.05, 0.1) is 18.0 Å². The van der Waals surface area contributed by atoms with Crippen molar-refractivity contribution in [3.63, 3.8) is 0 Å². The number of H-pyrrole nitrogens is 1. The predicted molar refractivity (Wildman–Crippen MR) is 144 cm³/mol. The lowest BCUT2D eigenvalue weighted by Gasteiger charge is -2.12. The van der Waals surface area contributed by atoms with Crippen LogP contribution in [0.3, 0.4) is 0 Å². The number of anilines is 2. The summed E-state index contributed by atoms with van der Waals surface area (Å²) in [7, 11) is 6.02. The van der Waals surface area contributed by atoms with Gasteiger partial charge in [0.1, 0.15) is 5.82 Å². The normalized spacial score (nSPS) is 11.2. The number of hydrogen-bond acceptors (Lipinski definition) is 4. The van der Waals surface area contributed by atoms with E-state index in [1.54, 1.807) is 0 Å². The van der Waals surface area contributed by atoms with Crippen LogP contribution in [0.1, 0.15) is 12.5 Å². The third kappa shape index (κ3) is 5.38. The molecule has 0 atom stereocenters. The topological polar surface area (TPSA) is 53.2 Å². The Morgan fingerprint density at radius 1 is 0.882 bits per heavy atom. The van der Waals surface area contributed by atoms with Crippen LogP contribution >= 0.6 is 0 Å². The number of imidazole rings is 1. The summed E-state index contributed by atoms with van der Waals surface area (Å²) in [5, 5.41) is 3.18. The zero-order valence-corrected chi connectivity index (χ0v) is 20.3. The molecule has 5 heteroatoms. The molecule has 0 spiro atoms. The number of rotatable bonds is 9. The van der Waals surface area contributed by atoms with Gasteiger partial charge in [-0.2, -0.15) is 0 Å². The molecule has 0 saturated heterocycles. The SMILES string of the molecule is CCOCC=Cc1ccc(-c2nc(-c3ccc(N(C)C)cc3)c(-c3ccc(NC)cc3)[nH]2)cc1. The summed E-state index contributed by atoms with van der Waals surface area (Å²) >= 11 is 0. The molecule has 1 heterocycles. The van der Waals surface area contributed by atoms with Crippen molar-refractivity contribution < 1.29 is 4.74 Å². The molecule has 0 aliphatic carbocycles. The van der Waals surface area contributed by atoms with Gasteiger partial charge in [-0.05, 0) is 36.8 Å². The van der Waals surface area contributed by atoms with E-state index in [0.29, 0.717) is 6.61 Å². The van der Waals surface area contributed by atoms with Crippen molar-refractivity contribution >= 4 is 17.5 Å². The molecule has 0 aliphatic rings. The molecule has 1 aromatic heterocycles. The molecular formula is C29H32N4O. The quantitative estimate of drug-likeness (QED) is 0.282. The first-order chi connectivity index (χ1) is 16.6. The summed E-state index contributed by atoms with van der Waals surface area (Å²) in [5.74, 6) is 0.851. The first-order valence-corrected chi connectivity index (χ1v) is 11.6. The molecule has 0 unspecified atom stereocenters. The summed E-state index contributed by atoms with van der Waals surface area (Å²) in [6.45, 7) is 3.35. The van der Waals surface area contributed by atoms with E-state index in [0.717, 1.165) is 57.4 Å². The second-order valence-corrected chi connectivity index (χ2v) is 8.26. The van der Waals surface area contributed by atoms with E-state index in [4.69, 9.17) is 9.72 Å². The van der Waals surface area contributed by atoms with Crippen molar-refractivity contribution in [2.24, 2.45) is 0 Å². The minimum absolute atomic E-state index is 0.627. The predicted octanol–water partition coefficient (Wildman–Crippen LogP) is 6.57. The van der Waals surface area contributed by atoms with E-state index < -0.39 is 0 Å². The summed E-state index contributed by atoms with van der Waals surface area (Å²) in [4.78, 5) is 10.7. The molecule has 5 nitrogen and oxygen atoms in total. The lowest BCUT2D eigenvalue weighted by Crippen LogP contribution is -2.07. The van der Waals surface area contributed by atoms with Crippen LogP contribution in [0.2, 0.25) is 0 Å². The second-order valence-electron chi connectivity index (χ2n) is 8.26. The fraction of sp³-hybridized carbons (Fsp3) is 0.207. The number of ether oxygens (including phenoxy) is 1. The van der Waals surface area contributed by atoms with Gasteiger partial charge in [-0.25, -0.2) is 4.98 Å². The van der Waals surface area contributed by atoms with Crippen LogP contribution < -0.4 is 10.2 Å². The number of benzene rings is 3. The van der Waals surface area contributed by atoms with E-state index in [-0.39, 0.29) is 0 Å². The maximum absolute atomic E-state index is 5.37. The third-order valence-corrected chi connectivity index (χ3v) is 5.74. The average molecular weight is 453 g/mol. The summed E-state index contributed by atoms with van der Waals surface area (Å²) in [5.41, 5.74) is 8.55. The van der Waals surface area contributed by atoms with Gasteiger partial charge in [-0.15, -0.1) is 0 Å². The third-order valence-electron chi connectivity index (χ3n) is 5.74. The number of nitrogens with one attached hydrogen (secondary N) is 2. The highest BCUT2D eigenvalue weighted by Crippen LogP contribution is 2.34. The highest BCUT2D eigenvalue weighted by Gasteiger charge is 2.15. The van der Waals surface area contributed by atoms with E-state index >= 15 is 0 Å². The van der Waals surface area contributed by atoms with Crippen molar-refractivity contribution in [1.82, 2.24) is 9.97 Å². The van der Waals surface area contributed by atoms with Crippen LogP contribution in [0.25, 0.3) is 40.0 Å². The molecule has 2 N–H and O–H groups in total. The smallest absolute Gasteiger partial charge is 0.138 e. The van der Waals surface area contributed by atoms with Crippen molar-refractivity contribution in [1.29, 1.82) is 0 Å². The van der Waals surface area contributed by atoms with Crippen molar-refractivity contribution in [3.8, 4) is 33.9 Å². The molecule has 3 aromatic carbocycles. The van der Waals surface area contributed by atoms with Gasteiger partial charge in [-0.3, -0.25) is 0 Å². The van der Waals surface area contributed by atoms with Gasteiger partial charge >= 0.3 is 0 Å². The Labute approximate surface area is 202 Å². The van der Waals surface area contributed by atoms with Crippen molar-refractivity contribution in [3.05, 3.63) is 84.4 Å². The van der Waals surface area contributed by atoms with Gasteiger partial charge in [-0.1, -0.05) is 60.7 Å².